The predicted octanol–water partition coefficient (Wildman–Crippen LogP) is 2.82. The maximum atomic E-state index is 11.9. The molecule has 0 spiro atoms. The van der Waals surface area contributed by atoms with Crippen LogP contribution in [0.5, 0.6) is 0 Å². The van der Waals surface area contributed by atoms with E-state index >= 15 is 0 Å². The molecule has 23 heavy (non-hydrogen) atoms. The van der Waals surface area contributed by atoms with Gasteiger partial charge in [-0.05, 0) is 51.4 Å². The van der Waals surface area contributed by atoms with Crippen molar-refractivity contribution in [3.8, 4) is 0 Å². The summed E-state index contributed by atoms with van der Waals surface area (Å²) in [6, 6.07) is 0.204. The zero-order valence-electron chi connectivity index (χ0n) is 13.9. The molecule has 1 aromatic rings. The Morgan fingerprint density at radius 3 is 3.00 bits per heavy atom. The van der Waals surface area contributed by atoms with Gasteiger partial charge < -0.3 is 15.4 Å². The number of hydrogen-bond acceptors (Lipinski definition) is 4. The van der Waals surface area contributed by atoms with E-state index in [0.29, 0.717) is 12.6 Å². The largest absolute Gasteiger partial charge is 0.381 e. The zero-order valence-corrected chi connectivity index (χ0v) is 14.7. The molecular formula is C17H27N3O2S. The number of hydrogen-bond donors (Lipinski definition) is 2. The van der Waals surface area contributed by atoms with Crippen LogP contribution >= 0.6 is 11.3 Å². The Morgan fingerprint density at radius 2 is 2.22 bits per heavy atom. The van der Waals surface area contributed by atoms with Crippen LogP contribution in [0.1, 0.15) is 54.1 Å². The van der Waals surface area contributed by atoms with Crippen molar-refractivity contribution in [1.29, 1.82) is 0 Å². The standard InChI is InChI=1S/C17H27N3O2S/c1-22-13-9-8-12(11-13)19-17(21)18-10-4-7-16-20-14-5-2-3-6-15(14)23-16/h12-13H,2-11H2,1H3,(H2,18,19,21)/t12-,13+/m1/s1. The smallest absolute Gasteiger partial charge is 0.315 e. The van der Waals surface area contributed by atoms with E-state index < -0.39 is 0 Å². The average Bonchev–Trinajstić information content (AvgIpc) is 3.17. The van der Waals surface area contributed by atoms with Gasteiger partial charge >= 0.3 is 6.03 Å². The van der Waals surface area contributed by atoms with Crippen molar-refractivity contribution in [2.75, 3.05) is 13.7 Å². The number of fused-ring (bicyclic) bond motifs is 1. The number of nitrogens with one attached hydrogen (secondary N) is 2. The first-order chi connectivity index (χ1) is 11.2. The molecule has 1 fully saturated rings. The summed E-state index contributed by atoms with van der Waals surface area (Å²) in [7, 11) is 1.74. The van der Waals surface area contributed by atoms with Crippen LogP contribution in [0.3, 0.4) is 0 Å². The van der Waals surface area contributed by atoms with E-state index in [-0.39, 0.29) is 12.1 Å². The highest BCUT2D eigenvalue weighted by atomic mass is 32.1. The van der Waals surface area contributed by atoms with Crippen molar-refractivity contribution in [2.45, 2.75) is 69.9 Å². The third kappa shape index (κ3) is 4.67. The minimum absolute atomic E-state index is 0.0508. The van der Waals surface area contributed by atoms with E-state index in [2.05, 4.69) is 10.6 Å². The summed E-state index contributed by atoms with van der Waals surface area (Å²) in [6.07, 6.45) is 10.1. The third-order valence-corrected chi connectivity index (χ3v) is 6.01. The maximum absolute atomic E-state index is 11.9. The fourth-order valence-corrected chi connectivity index (χ4v) is 4.67. The highest BCUT2D eigenvalue weighted by molar-refractivity contribution is 7.11. The predicted molar refractivity (Wildman–Crippen MR) is 92.0 cm³/mol. The van der Waals surface area contributed by atoms with Gasteiger partial charge in [-0.15, -0.1) is 11.3 Å². The molecule has 2 aliphatic rings. The van der Waals surface area contributed by atoms with Crippen LogP contribution in [0.2, 0.25) is 0 Å². The topological polar surface area (TPSA) is 63.2 Å². The summed E-state index contributed by atoms with van der Waals surface area (Å²) < 4.78 is 5.33. The quantitative estimate of drug-likeness (QED) is 0.785. The Balaban J connectivity index is 1.32. The van der Waals surface area contributed by atoms with Gasteiger partial charge in [0.1, 0.15) is 0 Å². The number of carbonyl (C=O) groups excluding carboxylic acids is 1. The van der Waals surface area contributed by atoms with Gasteiger partial charge in [-0.1, -0.05) is 0 Å². The third-order valence-electron chi connectivity index (χ3n) is 4.80. The zero-order chi connectivity index (χ0) is 16.1. The second-order valence-corrected chi connectivity index (χ2v) is 7.72. The average molecular weight is 337 g/mol. The number of rotatable bonds is 6. The number of amides is 2. The first-order valence-corrected chi connectivity index (χ1v) is 9.61. The van der Waals surface area contributed by atoms with Crippen molar-refractivity contribution in [2.24, 2.45) is 0 Å². The SMILES string of the molecule is CO[C@H]1CC[C@@H](NC(=O)NCCCc2nc3c(s2)CCCC3)C1. The van der Waals surface area contributed by atoms with Gasteiger partial charge in [0, 0.05) is 31.0 Å². The number of thiazole rings is 1. The van der Waals surface area contributed by atoms with Gasteiger partial charge in [0.2, 0.25) is 0 Å². The molecule has 1 saturated carbocycles. The molecule has 0 radical (unpaired) electrons. The summed E-state index contributed by atoms with van der Waals surface area (Å²) in [5.41, 5.74) is 1.33. The monoisotopic (exact) mass is 337 g/mol. The van der Waals surface area contributed by atoms with Crippen molar-refractivity contribution >= 4 is 17.4 Å². The fraction of sp³-hybridized carbons (Fsp3) is 0.765. The van der Waals surface area contributed by atoms with Crippen LogP contribution in [0, 0.1) is 0 Å². The highest BCUT2D eigenvalue weighted by Crippen LogP contribution is 2.27. The van der Waals surface area contributed by atoms with E-state index in [1.54, 1.807) is 7.11 Å². The van der Waals surface area contributed by atoms with Gasteiger partial charge in [-0.25, -0.2) is 9.78 Å². The number of aryl methyl sites for hydroxylation is 3. The number of urea groups is 1. The molecule has 2 atom stereocenters. The van der Waals surface area contributed by atoms with Crippen LogP contribution in [0.4, 0.5) is 4.79 Å². The summed E-state index contributed by atoms with van der Waals surface area (Å²) in [5.74, 6) is 0. The Bertz CT molecular complexity index is 508. The molecule has 3 rings (SSSR count). The molecule has 0 unspecified atom stereocenters. The minimum Gasteiger partial charge on any atom is -0.381 e. The summed E-state index contributed by atoms with van der Waals surface area (Å²) in [5, 5.41) is 7.23. The molecule has 1 aromatic heterocycles. The number of methoxy groups -OCH3 is 1. The van der Waals surface area contributed by atoms with Crippen LogP contribution in [0.25, 0.3) is 0 Å². The first-order valence-electron chi connectivity index (χ1n) is 8.79. The second-order valence-electron chi connectivity index (χ2n) is 6.56. The Morgan fingerprint density at radius 1 is 1.35 bits per heavy atom. The molecule has 6 heteroatoms. The van der Waals surface area contributed by atoms with Crippen LogP contribution in [-0.4, -0.2) is 36.8 Å². The minimum atomic E-state index is -0.0508. The van der Waals surface area contributed by atoms with E-state index in [0.717, 1.165) is 38.5 Å². The lowest BCUT2D eigenvalue weighted by atomic mass is 10.0. The highest BCUT2D eigenvalue weighted by Gasteiger charge is 2.25. The molecule has 128 valence electrons. The van der Waals surface area contributed by atoms with Gasteiger partial charge in [0.15, 0.2) is 0 Å². The Kier molecular flexibility index (Phi) is 5.89. The van der Waals surface area contributed by atoms with E-state index in [1.165, 1.54) is 34.8 Å². The molecule has 0 saturated heterocycles. The molecule has 0 bridgehead atoms. The van der Waals surface area contributed by atoms with Gasteiger partial charge in [-0.2, -0.15) is 0 Å². The normalized spacial score (nSPS) is 23.5. The molecule has 2 aliphatic carbocycles. The van der Waals surface area contributed by atoms with Crippen LogP contribution in [-0.2, 0) is 24.0 Å². The fourth-order valence-electron chi connectivity index (χ4n) is 3.48. The van der Waals surface area contributed by atoms with Crippen molar-refractivity contribution in [1.82, 2.24) is 15.6 Å². The Hall–Kier alpha value is -1.14. The lowest BCUT2D eigenvalue weighted by Crippen LogP contribution is -2.41. The molecule has 1 heterocycles. The van der Waals surface area contributed by atoms with Gasteiger partial charge in [-0.3, -0.25) is 0 Å². The summed E-state index contributed by atoms with van der Waals surface area (Å²) >= 11 is 1.87. The molecular weight excluding hydrogens is 310 g/mol. The van der Waals surface area contributed by atoms with E-state index in [4.69, 9.17) is 9.72 Å². The number of carbonyl (C=O) groups is 1. The summed E-state index contributed by atoms with van der Waals surface area (Å²) in [4.78, 5) is 18.1. The lowest BCUT2D eigenvalue weighted by Gasteiger charge is -2.13. The van der Waals surface area contributed by atoms with E-state index in [9.17, 15) is 4.79 Å². The second kappa shape index (κ2) is 8.11. The van der Waals surface area contributed by atoms with Crippen molar-refractivity contribution < 1.29 is 9.53 Å². The van der Waals surface area contributed by atoms with Crippen LogP contribution < -0.4 is 10.6 Å². The maximum Gasteiger partial charge on any atom is 0.315 e. The number of ether oxygens (including phenoxy) is 1. The Labute approximate surface area is 142 Å². The molecule has 0 aliphatic heterocycles. The molecule has 5 nitrogen and oxygen atoms in total. The molecule has 2 amide bonds. The molecule has 2 N–H and O–H groups in total. The number of nitrogens with zero attached hydrogens (tertiary/aromatic N) is 1. The van der Waals surface area contributed by atoms with Crippen molar-refractivity contribution in [3.05, 3.63) is 15.6 Å². The molecule has 0 aromatic carbocycles. The van der Waals surface area contributed by atoms with Gasteiger partial charge in [0.05, 0.1) is 16.8 Å². The van der Waals surface area contributed by atoms with Crippen LogP contribution in [0.15, 0.2) is 0 Å². The summed E-state index contributed by atoms with van der Waals surface area (Å²) in [6.45, 7) is 0.705. The van der Waals surface area contributed by atoms with Gasteiger partial charge in [0.25, 0.3) is 0 Å². The van der Waals surface area contributed by atoms with E-state index in [1.807, 2.05) is 11.3 Å². The van der Waals surface area contributed by atoms with Crippen molar-refractivity contribution in [3.63, 3.8) is 0 Å². The first kappa shape index (κ1) is 16.7. The lowest BCUT2D eigenvalue weighted by molar-refractivity contribution is 0.107. The number of aromatic nitrogens is 1.